The summed E-state index contributed by atoms with van der Waals surface area (Å²) in [7, 11) is 1.26. The molecule has 3 aromatic carbocycles. The molecule has 2 heterocycles. The predicted molar refractivity (Wildman–Crippen MR) is 190 cm³/mol. The first-order valence-electron chi connectivity index (χ1n) is 15.1. The van der Waals surface area contributed by atoms with Crippen molar-refractivity contribution in [1.29, 1.82) is 0 Å². The lowest BCUT2D eigenvalue weighted by Gasteiger charge is -2.25. The van der Waals surface area contributed by atoms with Gasteiger partial charge in [-0.3, -0.25) is 9.36 Å². The van der Waals surface area contributed by atoms with Crippen molar-refractivity contribution in [1.82, 2.24) is 4.57 Å². The Hall–Kier alpha value is -4.10. The van der Waals surface area contributed by atoms with Gasteiger partial charge in [0.1, 0.15) is 12.4 Å². The minimum atomic E-state index is -0.920. The summed E-state index contributed by atoms with van der Waals surface area (Å²) >= 11 is 17.3. The smallest absolute Gasteiger partial charge is 0.343 e. The van der Waals surface area contributed by atoms with E-state index in [-0.39, 0.29) is 32.0 Å². The number of rotatable bonds is 12. The van der Waals surface area contributed by atoms with Crippen LogP contribution in [0.15, 0.2) is 80.1 Å². The Balaban J connectivity index is 1.64. The molecule has 0 amide bonds. The second-order valence-corrected chi connectivity index (χ2v) is 13.3. The molecule has 10 nitrogen and oxygen atoms in total. The molecule has 0 spiro atoms. The van der Waals surface area contributed by atoms with E-state index in [2.05, 4.69) is 25.7 Å². The third-order valence-electron chi connectivity index (χ3n) is 7.27. The van der Waals surface area contributed by atoms with Gasteiger partial charge in [-0.25, -0.2) is 14.6 Å². The van der Waals surface area contributed by atoms with E-state index >= 15 is 0 Å². The van der Waals surface area contributed by atoms with Crippen LogP contribution in [0.3, 0.4) is 0 Å². The molecule has 1 atom stereocenters. The van der Waals surface area contributed by atoms with Crippen molar-refractivity contribution in [2.75, 3.05) is 26.9 Å². The second-order valence-electron chi connectivity index (χ2n) is 10.5. The van der Waals surface area contributed by atoms with Gasteiger partial charge in [-0.1, -0.05) is 52.7 Å². The zero-order chi connectivity index (χ0) is 35.2. The van der Waals surface area contributed by atoms with Crippen molar-refractivity contribution in [3.05, 3.63) is 117 Å². The van der Waals surface area contributed by atoms with Crippen LogP contribution in [0.5, 0.6) is 17.2 Å². The fourth-order valence-electron chi connectivity index (χ4n) is 5.15. The SMILES string of the molecule is CCOC(=O)C1=C(C)N=c2s/c(=C/c3cc(Cl)cc(Br)c3OCc3cccc(Cl)c3)c(=O)n2[C@H]1c1ccc(OCC(=O)OC)c(OCC)c1. The van der Waals surface area contributed by atoms with E-state index < -0.39 is 23.5 Å². The lowest BCUT2D eigenvalue weighted by atomic mass is 9.95. The van der Waals surface area contributed by atoms with Gasteiger partial charge in [0, 0.05) is 15.6 Å². The number of hydrogen-bond acceptors (Lipinski definition) is 10. The van der Waals surface area contributed by atoms with E-state index in [4.69, 9.17) is 42.1 Å². The molecular formula is C35H31BrCl2N2O8S. The zero-order valence-corrected chi connectivity index (χ0v) is 30.8. The van der Waals surface area contributed by atoms with Crippen molar-refractivity contribution < 1.29 is 33.3 Å². The first-order valence-corrected chi connectivity index (χ1v) is 17.4. The molecule has 0 radical (unpaired) electrons. The van der Waals surface area contributed by atoms with Crippen LogP contribution in [0.25, 0.3) is 6.08 Å². The largest absolute Gasteiger partial charge is 0.490 e. The Labute approximate surface area is 304 Å². The number of benzene rings is 3. The van der Waals surface area contributed by atoms with Crippen molar-refractivity contribution in [3.8, 4) is 17.2 Å². The van der Waals surface area contributed by atoms with E-state index in [1.54, 1.807) is 69.3 Å². The monoisotopic (exact) mass is 788 g/mol. The molecule has 0 aliphatic carbocycles. The summed E-state index contributed by atoms with van der Waals surface area (Å²) in [6.07, 6.45) is 1.68. The highest BCUT2D eigenvalue weighted by atomic mass is 79.9. The number of allylic oxidation sites excluding steroid dienone is 1. The van der Waals surface area contributed by atoms with E-state index in [1.165, 1.54) is 11.7 Å². The molecule has 0 fully saturated rings. The van der Waals surface area contributed by atoms with Gasteiger partial charge in [-0.15, -0.1) is 0 Å². The maximum atomic E-state index is 14.3. The third kappa shape index (κ3) is 8.21. The van der Waals surface area contributed by atoms with Crippen molar-refractivity contribution in [2.45, 2.75) is 33.4 Å². The first kappa shape index (κ1) is 36.2. The standard InChI is InChI=1S/C35H31BrCl2N2O8S/c1-5-45-27-14-21(10-11-26(27)47-18-29(41)44-4)31-30(34(43)46-6-2)19(3)39-35-40(31)33(42)28(49-35)15-22-13-24(38)16-25(36)32(22)48-17-20-8-7-9-23(37)12-20/h7-16,31H,5-6,17-18H2,1-4H3/b28-15+/t31-/m0/s1. The molecule has 5 rings (SSSR count). The number of halogens is 3. The van der Waals surface area contributed by atoms with Gasteiger partial charge in [-0.05, 0) is 90.3 Å². The number of aromatic nitrogens is 1. The van der Waals surface area contributed by atoms with Gasteiger partial charge in [0.25, 0.3) is 5.56 Å². The van der Waals surface area contributed by atoms with Crippen LogP contribution in [-0.2, 0) is 25.7 Å². The average Bonchev–Trinajstić information content (AvgIpc) is 3.36. The number of hydrogen-bond donors (Lipinski definition) is 0. The van der Waals surface area contributed by atoms with Gasteiger partial charge in [-0.2, -0.15) is 0 Å². The van der Waals surface area contributed by atoms with E-state index in [9.17, 15) is 14.4 Å². The van der Waals surface area contributed by atoms with Crippen LogP contribution in [0.1, 0.15) is 43.5 Å². The highest BCUT2D eigenvalue weighted by Gasteiger charge is 2.34. The average molecular weight is 791 g/mol. The maximum Gasteiger partial charge on any atom is 0.343 e. The molecule has 14 heteroatoms. The number of methoxy groups -OCH3 is 1. The van der Waals surface area contributed by atoms with Crippen LogP contribution in [0.2, 0.25) is 10.0 Å². The molecule has 49 heavy (non-hydrogen) atoms. The lowest BCUT2D eigenvalue weighted by molar-refractivity contribution is -0.143. The van der Waals surface area contributed by atoms with Crippen molar-refractivity contribution in [2.24, 2.45) is 4.99 Å². The van der Waals surface area contributed by atoms with Crippen LogP contribution in [0, 0.1) is 0 Å². The molecule has 256 valence electrons. The summed E-state index contributed by atoms with van der Waals surface area (Å²) < 4.78 is 30.2. The maximum absolute atomic E-state index is 14.3. The number of thiazole rings is 1. The third-order valence-corrected chi connectivity index (χ3v) is 9.29. The highest BCUT2D eigenvalue weighted by Crippen LogP contribution is 2.37. The van der Waals surface area contributed by atoms with E-state index in [0.717, 1.165) is 16.9 Å². The Bertz CT molecular complexity index is 2130. The van der Waals surface area contributed by atoms with E-state index in [0.29, 0.717) is 57.9 Å². The topological polar surface area (TPSA) is 115 Å². The number of nitrogens with zero attached hydrogens (tertiary/aromatic N) is 2. The predicted octanol–water partition coefficient (Wildman–Crippen LogP) is 6.40. The van der Waals surface area contributed by atoms with Crippen LogP contribution in [0.4, 0.5) is 0 Å². The van der Waals surface area contributed by atoms with Crippen LogP contribution >= 0.6 is 50.5 Å². The van der Waals surface area contributed by atoms with Crippen LogP contribution in [-0.4, -0.2) is 43.4 Å². The highest BCUT2D eigenvalue weighted by molar-refractivity contribution is 9.10. The first-order chi connectivity index (χ1) is 23.5. The zero-order valence-electron chi connectivity index (χ0n) is 26.9. The van der Waals surface area contributed by atoms with Gasteiger partial charge in [0.15, 0.2) is 22.9 Å². The normalized spacial score (nSPS) is 14.2. The Morgan fingerprint density at radius 2 is 1.80 bits per heavy atom. The van der Waals surface area contributed by atoms with E-state index in [1.807, 2.05) is 12.1 Å². The minimum Gasteiger partial charge on any atom is -0.490 e. The Morgan fingerprint density at radius 1 is 1.00 bits per heavy atom. The summed E-state index contributed by atoms with van der Waals surface area (Å²) in [6, 6.07) is 14.8. The number of esters is 2. The molecule has 0 saturated carbocycles. The summed E-state index contributed by atoms with van der Waals surface area (Å²) in [5.41, 5.74) is 2.14. The van der Waals surface area contributed by atoms with Gasteiger partial charge in [0.05, 0.1) is 46.6 Å². The molecule has 0 unspecified atom stereocenters. The molecule has 1 aliphatic rings. The summed E-state index contributed by atoms with van der Waals surface area (Å²) in [5, 5.41) is 1.01. The molecule has 4 aromatic rings. The molecule has 0 N–H and O–H groups in total. The van der Waals surface area contributed by atoms with Crippen molar-refractivity contribution >= 4 is 68.5 Å². The molecule has 0 saturated heterocycles. The van der Waals surface area contributed by atoms with Crippen LogP contribution < -0.4 is 29.1 Å². The quantitative estimate of drug-likeness (QED) is 0.152. The van der Waals surface area contributed by atoms with Gasteiger partial charge >= 0.3 is 11.9 Å². The molecule has 1 aliphatic heterocycles. The second kappa shape index (κ2) is 16.1. The number of carbonyl (C=O) groups is 2. The Kier molecular flexibility index (Phi) is 11.9. The number of carbonyl (C=O) groups excluding carboxylic acids is 2. The Morgan fingerprint density at radius 3 is 2.51 bits per heavy atom. The van der Waals surface area contributed by atoms with Crippen molar-refractivity contribution in [3.63, 3.8) is 0 Å². The molecule has 1 aromatic heterocycles. The number of ether oxygens (including phenoxy) is 5. The molecule has 0 bridgehead atoms. The summed E-state index contributed by atoms with van der Waals surface area (Å²) in [4.78, 5) is 44.5. The van der Waals surface area contributed by atoms with Gasteiger partial charge in [0.2, 0.25) is 0 Å². The number of fused-ring (bicyclic) bond motifs is 1. The molecular weight excluding hydrogens is 759 g/mol. The lowest BCUT2D eigenvalue weighted by Crippen LogP contribution is -2.40. The fraction of sp³-hybridized carbons (Fsp3) is 0.257. The van der Waals surface area contributed by atoms with Gasteiger partial charge < -0.3 is 23.7 Å². The summed E-state index contributed by atoms with van der Waals surface area (Å²) in [5.74, 6) is -0.0964. The minimum absolute atomic E-state index is 0.124. The fourth-order valence-corrected chi connectivity index (χ4v) is 7.35. The summed E-state index contributed by atoms with van der Waals surface area (Å²) in [6.45, 7) is 5.50.